The molecule has 0 bridgehead atoms. The van der Waals surface area contributed by atoms with Crippen LogP contribution in [0.15, 0.2) is 12.1 Å². The summed E-state index contributed by atoms with van der Waals surface area (Å²) in [6.07, 6.45) is 2.59. The van der Waals surface area contributed by atoms with Gasteiger partial charge in [0.25, 0.3) is 0 Å². The van der Waals surface area contributed by atoms with Gasteiger partial charge in [-0.25, -0.2) is 0 Å². The number of aryl methyl sites for hydroxylation is 1. The summed E-state index contributed by atoms with van der Waals surface area (Å²) in [7, 11) is 4.36. The van der Waals surface area contributed by atoms with E-state index >= 15 is 0 Å². The molecular weight excluding hydrogens is 242 g/mol. The van der Waals surface area contributed by atoms with Gasteiger partial charge in [-0.1, -0.05) is 0 Å². The van der Waals surface area contributed by atoms with E-state index in [1.807, 2.05) is 11.3 Å². The van der Waals surface area contributed by atoms with E-state index in [1.54, 1.807) is 0 Å². The number of hydrogen-bond acceptors (Lipinski definition) is 4. The predicted molar refractivity (Wildman–Crippen MR) is 79.1 cm³/mol. The molecule has 1 aliphatic rings. The standard InChI is InChI=1S/C14H25N3S/c1-11-6-7-14(18-11)13(9-15)17-8-4-5-12(10-17)16(2)3/h6-7,12-13H,4-5,8-10,15H2,1-3H3. The minimum absolute atomic E-state index is 0.409. The molecule has 2 unspecified atom stereocenters. The number of thiophene rings is 1. The Morgan fingerprint density at radius 3 is 2.83 bits per heavy atom. The number of piperidine rings is 1. The smallest absolute Gasteiger partial charge is 0.0564 e. The maximum atomic E-state index is 6.02. The predicted octanol–water partition coefficient (Wildman–Crippen LogP) is 2.08. The lowest BCUT2D eigenvalue weighted by Crippen LogP contribution is -2.47. The van der Waals surface area contributed by atoms with Crippen LogP contribution in [0.2, 0.25) is 0 Å². The molecule has 2 heterocycles. The highest BCUT2D eigenvalue weighted by atomic mass is 32.1. The molecule has 1 fully saturated rings. The van der Waals surface area contributed by atoms with Crippen LogP contribution < -0.4 is 5.73 Å². The van der Waals surface area contributed by atoms with E-state index in [-0.39, 0.29) is 0 Å². The third-order valence-corrected chi connectivity index (χ3v) is 5.01. The Balaban J connectivity index is 2.08. The fourth-order valence-electron chi connectivity index (χ4n) is 2.77. The van der Waals surface area contributed by atoms with Gasteiger partial charge >= 0.3 is 0 Å². The first kappa shape index (κ1) is 14.0. The molecule has 0 spiro atoms. The van der Waals surface area contributed by atoms with Crippen LogP contribution in [-0.4, -0.2) is 49.6 Å². The second-order valence-electron chi connectivity index (χ2n) is 5.45. The monoisotopic (exact) mass is 267 g/mol. The first-order valence-electron chi connectivity index (χ1n) is 6.78. The van der Waals surface area contributed by atoms with E-state index in [9.17, 15) is 0 Å². The van der Waals surface area contributed by atoms with Crippen molar-refractivity contribution in [3.63, 3.8) is 0 Å². The van der Waals surface area contributed by atoms with Crippen LogP contribution in [-0.2, 0) is 0 Å². The Hall–Kier alpha value is -0.420. The molecule has 1 aromatic heterocycles. The van der Waals surface area contributed by atoms with Crippen molar-refractivity contribution in [1.29, 1.82) is 0 Å². The van der Waals surface area contributed by atoms with Gasteiger partial charge in [-0.15, -0.1) is 11.3 Å². The maximum Gasteiger partial charge on any atom is 0.0564 e. The second kappa shape index (κ2) is 6.15. The number of rotatable bonds is 4. The highest BCUT2D eigenvalue weighted by Crippen LogP contribution is 2.29. The molecule has 3 nitrogen and oxygen atoms in total. The molecule has 1 aromatic rings. The van der Waals surface area contributed by atoms with Crippen LogP contribution in [0.25, 0.3) is 0 Å². The van der Waals surface area contributed by atoms with Gasteiger partial charge in [-0.05, 0) is 52.5 Å². The van der Waals surface area contributed by atoms with Gasteiger partial charge < -0.3 is 10.6 Å². The number of nitrogens with two attached hydrogens (primary N) is 1. The molecule has 2 rings (SSSR count). The molecule has 102 valence electrons. The molecule has 0 amide bonds. The van der Waals surface area contributed by atoms with Gasteiger partial charge in [0.1, 0.15) is 0 Å². The lowest BCUT2D eigenvalue weighted by atomic mass is 10.0. The average Bonchev–Trinajstić information content (AvgIpc) is 2.77. The zero-order chi connectivity index (χ0) is 13.1. The SMILES string of the molecule is Cc1ccc(C(CN)N2CCCC(N(C)C)C2)s1. The summed E-state index contributed by atoms with van der Waals surface area (Å²) in [4.78, 5) is 7.72. The van der Waals surface area contributed by atoms with Crippen molar-refractivity contribution in [2.24, 2.45) is 5.73 Å². The summed E-state index contributed by atoms with van der Waals surface area (Å²) in [6.45, 7) is 5.22. The van der Waals surface area contributed by atoms with E-state index < -0.39 is 0 Å². The lowest BCUT2D eigenvalue weighted by Gasteiger charge is -2.39. The topological polar surface area (TPSA) is 32.5 Å². The molecular formula is C14H25N3S. The fraction of sp³-hybridized carbons (Fsp3) is 0.714. The minimum atomic E-state index is 0.409. The van der Waals surface area contributed by atoms with Crippen molar-refractivity contribution in [3.05, 3.63) is 21.9 Å². The Labute approximate surface area is 115 Å². The Morgan fingerprint density at radius 1 is 1.50 bits per heavy atom. The summed E-state index contributed by atoms with van der Waals surface area (Å²) < 4.78 is 0. The zero-order valence-electron chi connectivity index (χ0n) is 11.7. The van der Waals surface area contributed by atoms with Crippen LogP contribution in [0.3, 0.4) is 0 Å². The molecule has 4 heteroatoms. The van der Waals surface area contributed by atoms with Gasteiger partial charge in [0.15, 0.2) is 0 Å². The van der Waals surface area contributed by atoms with Crippen molar-refractivity contribution in [1.82, 2.24) is 9.80 Å². The highest BCUT2D eigenvalue weighted by Gasteiger charge is 2.27. The molecule has 18 heavy (non-hydrogen) atoms. The number of likely N-dealkylation sites (tertiary alicyclic amines) is 1. The van der Waals surface area contributed by atoms with E-state index in [1.165, 1.54) is 29.1 Å². The normalized spacial score (nSPS) is 23.5. The largest absolute Gasteiger partial charge is 0.329 e. The minimum Gasteiger partial charge on any atom is -0.329 e. The maximum absolute atomic E-state index is 6.02. The van der Waals surface area contributed by atoms with Gasteiger partial charge in [0.05, 0.1) is 6.04 Å². The quantitative estimate of drug-likeness (QED) is 0.906. The second-order valence-corrected chi connectivity index (χ2v) is 6.77. The van der Waals surface area contributed by atoms with Crippen LogP contribution in [0.5, 0.6) is 0 Å². The Kier molecular flexibility index (Phi) is 4.78. The molecule has 0 aliphatic carbocycles. The van der Waals surface area contributed by atoms with E-state index in [2.05, 4.69) is 43.0 Å². The van der Waals surface area contributed by atoms with Crippen molar-refractivity contribution < 1.29 is 0 Å². The molecule has 2 atom stereocenters. The fourth-order valence-corrected chi connectivity index (χ4v) is 3.79. The molecule has 0 aromatic carbocycles. The molecule has 1 saturated heterocycles. The first-order chi connectivity index (χ1) is 8.61. The van der Waals surface area contributed by atoms with Crippen molar-refractivity contribution in [3.8, 4) is 0 Å². The molecule has 0 saturated carbocycles. The van der Waals surface area contributed by atoms with Crippen molar-refractivity contribution >= 4 is 11.3 Å². The van der Waals surface area contributed by atoms with Gasteiger partial charge in [0.2, 0.25) is 0 Å². The summed E-state index contributed by atoms with van der Waals surface area (Å²) >= 11 is 1.89. The summed E-state index contributed by atoms with van der Waals surface area (Å²) in [5.41, 5.74) is 6.02. The van der Waals surface area contributed by atoms with E-state index in [0.717, 1.165) is 13.1 Å². The Morgan fingerprint density at radius 2 is 2.28 bits per heavy atom. The zero-order valence-corrected chi connectivity index (χ0v) is 12.5. The van der Waals surface area contributed by atoms with Crippen molar-refractivity contribution in [2.75, 3.05) is 33.7 Å². The highest BCUT2D eigenvalue weighted by molar-refractivity contribution is 7.12. The summed E-state index contributed by atoms with van der Waals surface area (Å²) in [5.74, 6) is 0. The van der Waals surface area contributed by atoms with E-state index in [0.29, 0.717) is 12.1 Å². The molecule has 2 N–H and O–H groups in total. The summed E-state index contributed by atoms with van der Waals surface area (Å²) in [6, 6.07) is 5.53. The van der Waals surface area contributed by atoms with Crippen LogP contribution in [0.4, 0.5) is 0 Å². The van der Waals surface area contributed by atoms with Crippen LogP contribution >= 0.6 is 11.3 Å². The summed E-state index contributed by atoms with van der Waals surface area (Å²) in [5, 5.41) is 0. The van der Waals surface area contributed by atoms with Crippen LogP contribution in [0.1, 0.15) is 28.6 Å². The van der Waals surface area contributed by atoms with Crippen molar-refractivity contribution in [2.45, 2.75) is 31.8 Å². The Bertz CT molecular complexity index is 375. The molecule has 1 aliphatic heterocycles. The average molecular weight is 267 g/mol. The molecule has 0 radical (unpaired) electrons. The number of nitrogens with zero attached hydrogens (tertiary/aromatic N) is 2. The lowest BCUT2D eigenvalue weighted by molar-refractivity contribution is 0.0997. The van der Waals surface area contributed by atoms with Gasteiger partial charge in [0, 0.05) is 28.9 Å². The van der Waals surface area contributed by atoms with Crippen LogP contribution in [0, 0.1) is 6.92 Å². The van der Waals surface area contributed by atoms with E-state index in [4.69, 9.17) is 5.73 Å². The third kappa shape index (κ3) is 3.12. The first-order valence-corrected chi connectivity index (χ1v) is 7.60. The third-order valence-electron chi connectivity index (χ3n) is 3.91. The van der Waals surface area contributed by atoms with Gasteiger partial charge in [-0.3, -0.25) is 4.90 Å². The van der Waals surface area contributed by atoms with Gasteiger partial charge in [-0.2, -0.15) is 0 Å². The number of likely N-dealkylation sites (N-methyl/N-ethyl adjacent to an activating group) is 1. The number of hydrogen-bond donors (Lipinski definition) is 1.